The Morgan fingerprint density at radius 3 is 2.23 bits per heavy atom. The van der Waals surface area contributed by atoms with Crippen LogP contribution in [0.1, 0.15) is 46.0 Å². The zero-order valence-electron chi connectivity index (χ0n) is 9.10. The van der Waals surface area contributed by atoms with E-state index in [1.165, 1.54) is 31.3 Å². The molecule has 0 spiro atoms. The van der Waals surface area contributed by atoms with Gasteiger partial charge in [0.25, 0.3) is 0 Å². The van der Waals surface area contributed by atoms with Gasteiger partial charge in [-0.1, -0.05) is 52.7 Å². The van der Waals surface area contributed by atoms with Gasteiger partial charge in [0.2, 0.25) is 0 Å². The van der Waals surface area contributed by atoms with E-state index in [0.717, 1.165) is 12.3 Å². The van der Waals surface area contributed by atoms with Crippen molar-refractivity contribution < 1.29 is 0 Å². The van der Waals surface area contributed by atoms with Crippen molar-refractivity contribution in [1.82, 2.24) is 0 Å². The van der Waals surface area contributed by atoms with Crippen LogP contribution in [-0.4, -0.2) is 0 Å². The summed E-state index contributed by atoms with van der Waals surface area (Å²) in [6.45, 7) is 12.0. The number of hydrogen-bond acceptors (Lipinski definition) is 0. The Kier molecular flexibility index (Phi) is 7.44. The van der Waals surface area contributed by atoms with E-state index in [1.54, 1.807) is 0 Å². The van der Waals surface area contributed by atoms with Gasteiger partial charge in [-0.15, -0.1) is 5.73 Å². The molecule has 0 heterocycles. The largest absolute Gasteiger partial charge is 0.128 e. The molecule has 0 N–H and O–H groups in total. The molecule has 0 aromatic carbocycles. The molecule has 13 heavy (non-hydrogen) atoms. The van der Waals surface area contributed by atoms with E-state index in [-0.39, 0.29) is 0 Å². The summed E-state index contributed by atoms with van der Waals surface area (Å²) in [6.07, 6.45) is 8.20. The highest BCUT2D eigenvalue weighted by molar-refractivity contribution is 5.13. The van der Waals surface area contributed by atoms with Crippen LogP contribution < -0.4 is 0 Å². The maximum absolute atomic E-state index is 3.99. The number of hydrogen-bond donors (Lipinski definition) is 0. The zero-order valence-corrected chi connectivity index (χ0v) is 9.10. The molecule has 0 fully saturated rings. The minimum absolute atomic E-state index is 0.812. The predicted molar refractivity (Wildman–Crippen MR) is 60.8 cm³/mol. The van der Waals surface area contributed by atoms with Gasteiger partial charge in [-0.2, -0.15) is 0 Å². The van der Waals surface area contributed by atoms with E-state index in [4.69, 9.17) is 0 Å². The highest BCUT2D eigenvalue weighted by Gasteiger charge is 2.06. The van der Waals surface area contributed by atoms with Crippen LogP contribution in [0.3, 0.4) is 0 Å². The predicted octanol–water partition coefficient (Wildman–Crippen LogP) is 4.49. The van der Waals surface area contributed by atoms with Crippen molar-refractivity contribution in [2.75, 3.05) is 0 Å². The first-order chi connectivity index (χ1) is 6.24. The van der Waals surface area contributed by atoms with Crippen molar-refractivity contribution >= 4 is 0 Å². The second-order valence-corrected chi connectivity index (χ2v) is 3.65. The molecule has 0 heteroatoms. The molecule has 0 aliphatic carbocycles. The fourth-order valence-electron chi connectivity index (χ4n) is 1.74. The number of allylic oxidation sites excluding steroid dienone is 2. The molecular formula is C13H22. The van der Waals surface area contributed by atoms with Gasteiger partial charge in [-0.3, -0.25) is 0 Å². The second kappa shape index (κ2) is 7.89. The first-order valence-electron chi connectivity index (χ1n) is 5.28. The first-order valence-corrected chi connectivity index (χ1v) is 5.28. The molecule has 0 amide bonds. The maximum Gasteiger partial charge on any atom is -0.0180 e. The minimum atomic E-state index is 0.812. The fourth-order valence-corrected chi connectivity index (χ4v) is 1.74. The monoisotopic (exact) mass is 178 g/mol. The lowest BCUT2D eigenvalue weighted by atomic mass is 9.91. The summed E-state index contributed by atoms with van der Waals surface area (Å²) in [5.41, 5.74) is 3.95. The summed E-state index contributed by atoms with van der Waals surface area (Å²) in [7, 11) is 0. The Morgan fingerprint density at radius 1 is 1.31 bits per heavy atom. The third kappa shape index (κ3) is 6.42. The summed E-state index contributed by atoms with van der Waals surface area (Å²) in [5, 5.41) is 0. The summed E-state index contributed by atoms with van der Waals surface area (Å²) < 4.78 is 0. The molecule has 0 aliphatic heterocycles. The van der Waals surface area contributed by atoms with Crippen LogP contribution in [0.4, 0.5) is 0 Å². The zero-order chi connectivity index (χ0) is 10.1. The van der Waals surface area contributed by atoms with Crippen molar-refractivity contribution in [2.24, 2.45) is 5.92 Å². The van der Waals surface area contributed by atoms with Gasteiger partial charge in [0.05, 0.1) is 0 Å². The Morgan fingerprint density at radius 2 is 1.85 bits per heavy atom. The van der Waals surface area contributed by atoms with Crippen molar-refractivity contribution in [2.45, 2.75) is 46.0 Å². The molecule has 74 valence electrons. The maximum atomic E-state index is 3.99. The molecule has 0 saturated carbocycles. The average molecular weight is 178 g/mol. The van der Waals surface area contributed by atoms with E-state index in [1.807, 2.05) is 6.08 Å². The molecule has 0 aromatic rings. The van der Waals surface area contributed by atoms with E-state index in [0.29, 0.717) is 0 Å². The van der Waals surface area contributed by atoms with Crippen LogP contribution in [0.25, 0.3) is 0 Å². The first kappa shape index (κ1) is 12.3. The van der Waals surface area contributed by atoms with Crippen LogP contribution >= 0.6 is 0 Å². The van der Waals surface area contributed by atoms with Gasteiger partial charge < -0.3 is 0 Å². The van der Waals surface area contributed by atoms with Crippen molar-refractivity contribution in [3.05, 3.63) is 30.5 Å². The van der Waals surface area contributed by atoms with Crippen molar-refractivity contribution in [3.8, 4) is 0 Å². The molecule has 0 aromatic heterocycles. The standard InChI is InChI=1S/C13H22/c1-5-8-12(4)11-13(9-6-2)10-7-3/h8,13H,1,4,6-7,9-11H2,2-3H3. The third-order valence-electron chi connectivity index (χ3n) is 2.25. The topological polar surface area (TPSA) is 0 Å². The quantitative estimate of drug-likeness (QED) is 0.398. The Labute approximate surface area is 83.0 Å². The lowest BCUT2D eigenvalue weighted by Gasteiger charge is -2.14. The van der Waals surface area contributed by atoms with Crippen LogP contribution in [0.2, 0.25) is 0 Å². The Balaban J connectivity index is 3.92. The summed E-state index contributed by atoms with van der Waals surface area (Å²) in [4.78, 5) is 0. The minimum Gasteiger partial charge on any atom is -0.128 e. The van der Waals surface area contributed by atoms with E-state index >= 15 is 0 Å². The average Bonchev–Trinajstić information content (AvgIpc) is 2.05. The van der Waals surface area contributed by atoms with Gasteiger partial charge in [-0.05, 0) is 24.0 Å². The molecule has 0 aliphatic rings. The molecule has 0 atom stereocenters. The molecule has 0 bridgehead atoms. The van der Waals surface area contributed by atoms with Crippen LogP contribution in [-0.2, 0) is 0 Å². The molecular weight excluding hydrogens is 156 g/mol. The van der Waals surface area contributed by atoms with Crippen LogP contribution in [0, 0.1) is 5.92 Å². The second-order valence-electron chi connectivity index (χ2n) is 3.65. The third-order valence-corrected chi connectivity index (χ3v) is 2.25. The normalized spacial score (nSPS) is 9.77. The number of rotatable bonds is 7. The Hall–Kier alpha value is -0.740. The van der Waals surface area contributed by atoms with E-state index < -0.39 is 0 Å². The van der Waals surface area contributed by atoms with Crippen molar-refractivity contribution in [3.63, 3.8) is 0 Å². The summed E-state index contributed by atoms with van der Waals surface area (Å²) in [6, 6.07) is 0. The highest BCUT2D eigenvalue weighted by Crippen LogP contribution is 2.21. The smallest absolute Gasteiger partial charge is 0.0180 e. The lowest BCUT2D eigenvalue weighted by molar-refractivity contribution is 0.440. The van der Waals surface area contributed by atoms with E-state index in [9.17, 15) is 0 Å². The molecule has 0 saturated heterocycles. The molecule has 0 nitrogen and oxygen atoms in total. The fraction of sp³-hybridized carbons (Fsp3) is 0.615. The lowest BCUT2D eigenvalue weighted by Crippen LogP contribution is -2.00. The van der Waals surface area contributed by atoms with Crippen LogP contribution in [0.5, 0.6) is 0 Å². The molecule has 0 unspecified atom stereocenters. The molecule has 0 radical (unpaired) electrons. The highest BCUT2D eigenvalue weighted by atomic mass is 14.1. The van der Waals surface area contributed by atoms with E-state index in [2.05, 4.69) is 32.7 Å². The SMILES string of the molecule is C=C=CC(=C)CC(CCC)CCC. The van der Waals surface area contributed by atoms with Gasteiger partial charge in [0.1, 0.15) is 0 Å². The molecule has 0 rings (SSSR count). The van der Waals surface area contributed by atoms with Gasteiger partial charge in [0.15, 0.2) is 0 Å². The Bertz CT molecular complexity index is 176. The summed E-state index contributed by atoms with van der Waals surface area (Å²) in [5.74, 6) is 0.812. The van der Waals surface area contributed by atoms with Crippen LogP contribution in [0.15, 0.2) is 30.5 Å². The van der Waals surface area contributed by atoms with Gasteiger partial charge in [-0.25, -0.2) is 0 Å². The van der Waals surface area contributed by atoms with Gasteiger partial charge >= 0.3 is 0 Å². The van der Waals surface area contributed by atoms with Gasteiger partial charge in [0, 0.05) is 0 Å². The van der Waals surface area contributed by atoms with Crippen molar-refractivity contribution in [1.29, 1.82) is 0 Å². The summed E-state index contributed by atoms with van der Waals surface area (Å²) >= 11 is 0.